The minimum Gasteiger partial charge on any atom is -0.310 e. The van der Waals surface area contributed by atoms with Crippen molar-refractivity contribution in [1.82, 2.24) is 5.32 Å². The molecule has 1 atom stereocenters. The fourth-order valence-electron chi connectivity index (χ4n) is 2.57. The Balaban J connectivity index is 2.10. The number of nitrogens with one attached hydrogen (secondary N) is 1. The van der Waals surface area contributed by atoms with Gasteiger partial charge in [0.15, 0.2) is 0 Å². The lowest BCUT2D eigenvalue weighted by atomic mass is 9.95. The van der Waals surface area contributed by atoms with Crippen molar-refractivity contribution >= 4 is 11.3 Å². The molecular formula is C17H23NS. The molecule has 0 fully saturated rings. The smallest absolute Gasteiger partial charge is 0.0326 e. The summed E-state index contributed by atoms with van der Waals surface area (Å²) in [4.78, 5) is 1.48. The van der Waals surface area contributed by atoms with Gasteiger partial charge >= 0.3 is 0 Å². The van der Waals surface area contributed by atoms with Crippen molar-refractivity contribution in [3.63, 3.8) is 0 Å². The average molecular weight is 273 g/mol. The van der Waals surface area contributed by atoms with E-state index in [0.717, 1.165) is 19.4 Å². The second-order valence-electron chi connectivity index (χ2n) is 5.09. The molecule has 0 saturated carbocycles. The van der Waals surface area contributed by atoms with E-state index in [-0.39, 0.29) is 0 Å². The molecule has 1 aromatic heterocycles. The molecule has 0 aliphatic carbocycles. The second-order valence-corrected chi connectivity index (χ2v) is 6.12. The lowest BCUT2D eigenvalue weighted by Crippen LogP contribution is -2.22. The SMILES string of the molecule is CCNC(CCc1cccs1)c1ccc(C)cc1C. The largest absolute Gasteiger partial charge is 0.310 e. The predicted octanol–water partition coefficient (Wildman–Crippen LogP) is 4.65. The maximum absolute atomic E-state index is 3.63. The van der Waals surface area contributed by atoms with E-state index < -0.39 is 0 Å². The van der Waals surface area contributed by atoms with Gasteiger partial charge in [-0.2, -0.15) is 0 Å². The van der Waals surface area contributed by atoms with Crippen LogP contribution in [0.4, 0.5) is 0 Å². The fourth-order valence-corrected chi connectivity index (χ4v) is 3.30. The molecule has 1 nitrogen and oxygen atoms in total. The molecule has 1 N–H and O–H groups in total. The van der Waals surface area contributed by atoms with Crippen LogP contribution in [0.5, 0.6) is 0 Å². The molecule has 0 radical (unpaired) electrons. The van der Waals surface area contributed by atoms with Crippen LogP contribution in [0.2, 0.25) is 0 Å². The summed E-state index contributed by atoms with van der Waals surface area (Å²) in [5.41, 5.74) is 4.19. The van der Waals surface area contributed by atoms with E-state index in [1.807, 2.05) is 11.3 Å². The van der Waals surface area contributed by atoms with E-state index in [2.05, 4.69) is 61.8 Å². The fraction of sp³-hybridized carbons (Fsp3) is 0.412. The molecule has 1 heterocycles. The van der Waals surface area contributed by atoms with Crippen molar-refractivity contribution in [2.75, 3.05) is 6.54 Å². The molecule has 0 aliphatic rings. The Morgan fingerprint density at radius 2 is 2.05 bits per heavy atom. The van der Waals surface area contributed by atoms with E-state index >= 15 is 0 Å². The first-order chi connectivity index (χ1) is 9.20. The van der Waals surface area contributed by atoms with Crippen molar-refractivity contribution in [2.45, 2.75) is 39.7 Å². The highest BCUT2D eigenvalue weighted by atomic mass is 32.1. The van der Waals surface area contributed by atoms with Crippen LogP contribution >= 0.6 is 11.3 Å². The lowest BCUT2D eigenvalue weighted by Gasteiger charge is -2.20. The van der Waals surface area contributed by atoms with Gasteiger partial charge < -0.3 is 5.32 Å². The van der Waals surface area contributed by atoms with Crippen LogP contribution in [0.15, 0.2) is 35.7 Å². The van der Waals surface area contributed by atoms with Gasteiger partial charge in [0.1, 0.15) is 0 Å². The van der Waals surface area contributed by atoms with E-state index in [1.54, 1.807) is 0 Å². The Labute approximate surface area is 120 Å². The molecule has 0 spiro atoms. The second kappa shape index (κ2) is 6.88. The average Bonchev–Trinajstić information content (AvgIpc) is 2.88. The van der Waals surface area contributed by atoms with Gasteiger partial charge in [-0.1, -0.05) is 36.8 Å². The Kier molecular flexibility index (Phi) is 5.17. The zero-order valence-corrected chi connectivity index (χ0v) is 12.9. The third-order valence-electron chi connectivity index (χ3n) is 3.51. The van der Waals surface area contributed by atoms with E-state index in [9.17, 15) is 0 Å². The van der Waals surface area contributed by atoms with Crippen LogP contribution in [0, 0.1) is 13.8 Å². The maximum atomic E-state index is 3.63. The lowest BCUT2D eigenvalue weighted by molar-refractivity contribution is 0.515. The predicted molar refractivity (Wildman–Crippen MR) is 85.0 cm³/mol. The van der Waals surface area contributed by atoms with Gasteiger partial charge in [-0.15, -0.1) is 11.3 Å². The van der Waals surface area contributed by atoms with E-state index in [4.69, 9.17) is 0 Å². The Morgan fingerprint density at radius 3 is 2.68 bits per heavy atom. The number of hydrogen-bond donors (Lipinski definition) is 1. The van der Waals surface area contributed by atoms with Gasteiger partial charge in [-0.25, -0.2) is 0 Å². The first-order valence-corrected chi connectivity index (χ1v) is 7.91. The molecule has 2 rings (SSSR count). The summed E-state index contributed by atoms with van der Waals surface area (Å²) in [6.45, 7) is 7.58. The van der Waals surface area contributed by atoms with Crippen molar-refractivity contribution in [2.24, 2.45) is 0 Å². The highest BCUT2D eigenvalue weighted by molar-refractivity contribution is 7.09. The molecule has 1 aromatic carbocycles. The van der Waals surface area contributed by atoms with Crippen molar-refractivity contribution in [3.8, 4) is 0 Å². The van der Waals surface area contributed by atoms with Crippen molar-refractivity contribution < 1.29 is 0 Å². The molecule has 0 saturated heterocycles. The van der Waals surface area contributed by atoms with Gasteiger partial charge in [0.05, 0.1) is 0 Å². The zero-order chi connectivity index (χ0) is 13.7. The van der Waals surface area contributed by atoms with Crippen LogP contribution in [-0.4, -0.2) is 6.54 Å². The number of thiophene rings is 1. The van der Waals surface area contributed by atoms with Gasteiger partial charge in [-0.05, 0) is 55.8 Å². The molecule has 102 valence electrons. The van der Waals surface area contributed by atoms with Gasteiger partial charge in [0.2, 0.25) is 0 Å². The Bertz CT molecular complexity index is 502. The molecule has 0 bridgehead atoms. The number of hydrogen-bond acceptors (Lipinski definition) is 2. The van der Waals surface area contributed by atoms with Crippen molar-refractivity contribution in [1.29, 1.82) is 0 Å². The third-order valence-corrected chi connectivity index (χ3v) is 4.45. The Morgan fingerprint density at radius 1 is 1.21 bits per heavy atom. The minimum atomic E-state index is 0.465. The van der Waals surface area contributed by atoms with Crippen LogP contribution in [0.25, 0.3) is 0 Å². The Hall–Kier alpha value is -1.12. The van der Waals surface area contributed by atoms with Gasteiger partial charge in [0.25, 0.3) is 0 Å². The van der Waals surface area contributed by atoms with Crippen LogP contribution < -0.4 is 5.32 Å². The monoisotopic (exact) mass is 273 g/mol. The van der Waals surface area contributed by atoms with Gasteiger partial charge in [0, 0.05) is 10.9 Å². The number of benzene rings is 1. The zero-order valence-electron chi connectivity index (χ0n) is 12.1. The topological polar surface area (TPSA) is 12.0 Å². The molecule has 0 amide bonds. The summed E-state index contributed by atoms with van der Waals surface area (Å²) in [5, 5.41) is 5.79. The molecule has 2 aromatic rings. The quantitative estimate of drug-likeness (QED) is 0.808. The highest BCUT2D eigenvalue weighted by Crippen LogP contribution is 2.24. The molecule has 2 heteroatoms. The third kappa shape index (κ3) is 3.92. The summed E-state index contributed by atoms with van der Waals surface area (Å²) >= 11 is 1.86. The molecule has 0 aliphatic heterocycles. The van der Waals surface area contributed by atoms with Crippen molar-refractivity contribution in [3.05, 3.63) is 57.3 Å². The normalized spacial score (nSPS) is 12.6. The summed E-state index contributed by atoms with van der Waals surface area (Å²) < 4.78 is 0. The van der Waals surface area contributed by atoms with Crippen LogP contribution in [0.1, 0.15) is 41.0 Å². The first kappa shape index (κ1) is 14.3. The minimum absolute atomic E-state index is 0.465. The molecule has 1 unspecified atom stereocenters. The van der Waals surface area contributed by atoms with Crippen LogP contribution in [0.3, 0.4) is 0 Å². The van der Waals surface area contributed by atoms with Crippen LogP contribution in [-0.2, 0) is 6.42 Å². The summed E-state index contributed by atoms with van der Waals surface area (Å²) in [6, 6.07) is 11.6. The van der Waals surface area contributed by atoms with Gasteiger partial charge in [-0.3, -0.25) is 0 Å². The standard InChI is InChI=1S/C17H23NS/c1-4-18-17(10-8-15-6-5-11-19-15)16-9-7-13(2)12-14(16)3/h5-7,9,11-12,17-18H,4,8,10H2,1-3H3. The number of aryl methyl sites for hydroxylation is 3. The summed E-state index contributed by atoms with van der Waals surface area (Å²) in [6.07, 6.45) is 2.32. The summed E-state index contributed by atoms with van der Waals surface area (Å²) in [5.74, 6) is 0. The maximum Gasteiger partial charge on any atom is 0.0326 e. The van der Waals surface area contributed by atoms with E-state index in [1.165, 1.54) is 21.6 Å². The molecule has 19 heavy (non-hydrogen) atoms. The number of rotatable bonds is 6. The summed E-state index contributed by atoms with van der Waals surface area (Å²) in [7, 11) is 0. The van der Waals surface area contributed by atoms with E-state index in [0.29, 0.717) is 6.04 Å². The first-order valence-electron chi connectivity index (χ1n) is 7.03. The molecular weight excluding hydrogens is 250 g/mol. The highest BCUT2D eigenvalue weighted by Gasteiger charge is 2.13.